The van der Waals surface area contributed by atoms with E-state index in [2.05, 4.69) is 6.07 Å². The summed E-state index contributed by atoms with van der Waals surface area (Å²) in [7, 11) is 0. The van der Waals surface area contributed by atoms with E-state index < -0.39 is 0 Å². The molecule has 1 aliphatic carbocycles. The minimum atomic E-state index is -0.0305. The zero-order valence-electron chi connectivity index (χ0n) is 7.00. The maximum absolute atomic E-state index is 8.58. The number of benzene rings is 1. The summed E-state index contributed by atoms with van der Waals surface area (Å²) in [6.45, 7) is 0. The van der Waals surface area contributed by atoms with Gasteiger partial charge in [0.1, 0.15) is 0 Å². The van der Waals surface area contributed by atoms with Crippen LogP contribution in [0.5, 0.6) is 0 Å². The zero-order valence-corrected chi connectivity index (χ0v) is 7.75. The molecule has 0 amide bonds. The van der Waals surface area contributed by atoms with Crippen LogP contribution in [0.25, 0.3) is 5.57 Å². The molecule has 0 heterocycles. The third-order valence-electron chi connectivity index (χ3n) is 2.29. The van der Waals surface area contributed by atoms with E-state index >= 15 is 0 Å². The average molecular weight is 190 g/mol. The first-order valence-electron chi connectivity index (χ1n) is 4.15. The molecule has 0 saturated heterocycles. The lowest BCUT2D eigenvalue weighted by Gasteiger charge is -1.99. The maximum atomic E-state index is 8.58. The maximum Gasteiger partial charge on any atom is 0.0915 e. The molecule has 13 heavy (non-hydrogen) atoms. The van der Waals surface area contributed by atoms with Gasteiger partial charge in [-0.2, -0.15) is 5.26 Å². The third kappa shape index (κ3) is 1.34. The Hall–Kier alpha value is -1.26. The number of allylic oxidation sites excluding steroid dienone is 2. The van der Waals surface area contributed by atoms with Crippen LogP contribution < -0.4 is 0 Å². The Bertz CT molecular complexity index is 401. The summed E-state index contributed by atoms with van der Waals surface area (Å²) in [5, 5.41) is 8.55. The summed E-state index contributed by atoms with van der Waals surface area (Å²) >= 11 is 6.10. The fourth-order valence-electron chi connectivity index (χ4n) is 1.69. The van der Waals surface area contributed by atoms with Crippen molar-refractivity contribution in [1.29, 1.82) is 5.26 Å². The second-order valence-electron chi connectivity index (χ2n) is 3.06. The minimum absolute atomic E-state index is 0.0305. The Morgan fingerprint density at radius 3 is 3.00 bits per heavy atom. The minimum Gasteiger partial charge on any atom is -0.193 e. The van der Waals surface area contributed by atoms with Gasteiger partial charge in [-0.1, -0.05) is 24.3 Å². The molecule has 0 saturated carbocycles. The molecule has 1 atom stereocenters. The highest BCUT2D eigenvalue weighted by Gasteiger charge is 2.23. The summed E-state index contributed by atoms with van der Waals surface area (Å²) in [4.78, 5) is 0. The molecule has 0 bridgehead atoms. The van der Waals surface area contributed by atoms with Crippen LogP contribution in [0.2, 0.25) is 0 Å². The molecule has 0 spiro atoms. The molecule has 0 aliphatic heterocycles. The van der Waals surface area contributed by atoms with E-state index in [1.807, 2.05) is 24.3 Å². The van der Waals surface area contributed by atoms with E-state index in [0.717, 1.165) is 17.6 Å². The lowest BCUT2D eigenvalue weighted by atomic mass is 10.1. The van der Waals surface area contributed by atoms with Crippen molar-refractivity contribution in [3.05, 3.63) is 41.5 Å². The standard InChI is InChI=1S/C11H8ClN/c12-11-7-8-3-1-2-4-9(8)10(11)5-6-13/h1-5,11H,7H2/b10-5-. The Balaban J connectivity index is 2.54. The number of fused-ring (bicyclic) bond motifs is 1. The van der Waals surface area contributed by atoms with Gasteiger partial charge in [0, 0.05) is 6.08 Å². The molecule has 0 N–H and O–H groups in total. The Morgan fingerprint density at radius 2 is 2.23 bits per heavy atom. The van der Waals surface area contributed by atoms with Gasteiger partial charge in [-0.15, -0.1) is 11.6 Å². The average Bonchev–Trinajstić information content (AvgIpc) is 2.44. The molecule has 1 aromatic rings. The van der Waals surface area contributed by atoms with E-state index in [1.165, 1.54) is 5.56 Å². The lowest BCUT2D eigenvalue weighted by molar-refractivity contribution is 1.09. The zero-order chi connectivity index (χ0) is 9.26. The van der Waals surface area contributed by atoms with Gasteiger partial charge in [0.2, 0.25) is 0 Å². The van der Waals surface area contributed by atoms with Crippen LogP contribution in [-0.2, 0) is 6.42 Å². The number of nitrogens with zero attached hydrogens (tertiary/aromatic N) is 1. The summed E-state index contributed by atoms with van der Waals surface area (Å²) in [5.41, 5.74) is 3.33. The number of nitriles is 1. The summed E-state index contributed by atoms with van der Waals surface area (Å²) in [6.07, 6.45) is 2.38. The Morgan fingerprint density at radius 1 is 1.46 bits per heavy atom. The molecule has 0 radical (unpaired) electrons. The number of hydrogen-bond donors (Lipinski definition) is 0. The van der Waals surface area contributed by atoms with Crippen molar-refractivity contribution in [1.82, 2.24) is 0 Å². The van der Waals surface area contributed by atoms with Crippen LogP contribution in [0, 0.1) is 11.3 Å². The molecular weight excluding hydrogens is 182 g/mol. The van der Waals surface area contributed by atoms with Crippen LogP contribution in [0.3, 0.4) is 0 Å². The van der Waals surface area contributed by atoms with E-state index in [9.17, 15) is 0 Å². The first-order chi connectivity index (χ1) is 6.33. The van der Waals surface area contributed by atoms with Crippen LogP contribution in [0.1, 0.15) is 11.1 Å². The quantitative estimate of drug-likeness (QED) is 0.455. The van der Waals surface area contributed by atoms with E-state index in [0.29, 0.717) is 0 Å². The van der Waals surface area contributed by atoms with Gasteiger partial charge in [0.05, 0.1) is 11.4 Å². The largest absolute Gasteiger partial charge is 0.193 e. The molecule has 1 nitrogen and oxygen atoms in total. The van der Waals surface area contributed by atoms with Crippen molar-refractivity contribution >= 4 is 17.2 Å². The Labute approximate surface area is 82.3 Å². The number of rotatable bonds is 0. The first kappa shape index (κ1) is 8.34. The first-order valence-corrected chi connectivity index (χ1v) is 4.58. The molecule has 2 rings (SSSR count). The van der Waals surface area contributed by atoms with Crippen LogP contribution >= 0.6 is 11.6 Å². The fraction of sp³-hybridized carbons (Fsp3) is 0.182. The van der Waals surface area contributed by atoms with Gasteiger partial charge in [-0.05, 0) is 23.1 Å². The highest BCUT2D eigenvalue weighted by molar-refractivity contribution is 6.27. The van der Waals surface area contributed by atoms with Gasteiger partial charge in [0.25, 0.3) is 0 Å². The summed E-state index contributed by atoms with van der Waals surface area (Å²) < 4.78 is 0. The van der Waals surface area contributed by atoms with Gasteiger partial charge in [-0.3, -0.25) is 0 Å². The number of halogens is 1. The molecular formula is C11H8ClN. The van der Waals surface area contributed by atoms with E-state index in [-0.39, 0.29) is 5.38 Å². The second kappa shape index (κ2) is 3.24. The molecule has 1 aromatic carbocycles. The summed E-state index contributed by atoms with van der Waals surface area (Å²) in [5.74, 6) is 0. The van der Waals surface area contributed by atoms with Crippen molar-refractivity contribution in [2.75, 3.05) is 0 Å². The number of alkyl halides is 1. The smallest absolute Gasteiger partial charge is 0.0915 e. The molecule has 1 unspecified atom stereocenters. The normalized spacial score (nSPS) is 22.8. The Kier molecular flexibility index (Phi) is 2.08. The van der Waals surface area contributed by atoms with E-state index in [1.54, 1.807) is 6.08 Å². The SMILES string of the molecule is N#C/C=C1/c2ccccc2CC1Cl. The highest BCUT2D eigenvalue weighted by atomic mass is 35.5. The van der Waals surface area contributed by atoms with Crippen molar-refractivity contribution < 1.29 is 0 Å². The molecule has 2 heteroatoms. The predicted molar refractivity (Wildman–Crippen MR) is 53.4 cm³/mol. The van der Waals surface area contributed by atoms with Gasteiger partial charge in [-0.25, -0.2) is 0 Å². The van der Waals surface area contributed by atoms with Crippen molar-refractivity contribution in [3.63, 3.8) is 0 Å². The van der Waals surface area contributed by atoms with Crippen molar-refractivity contribution in [3.8, 4) is 6.07 Å². The molecule has 1 aliphatic rings. The van der Waals surface area contributed by atoms with Crippen molar-refractivity contribution in [2.45, 2.75) is 11.8 Å². The molecule has 0 fully saturated rings. The number of hydrogen-bond acceptors (Lipinski definition) is 1. The second-order valence-corrected chi connectivity index (χ2v) is 3.58. The molecule has 64 valence electrons. The highest BCUT2D eigenvalue weighted by Crippen LogP contribution is 2.35. The van der Waals surface area contributed by atoms with Crippen LogP contribution in [-0.4, -0.2) is 5.38 Å². The lowest BCUT2D eigenvalue weighted by Crippen LogP contribution is -1.93. The van der Waals surface area contributed by atoms with Gasteiger partial charge < -0.3 is 0 Å². The van der Waals surface area contributed by atoms with Gasteiger partial charge in [0.15, 0.2) is 0 Å². The van der Waals surface area contributed by atoms with Crippen molar-refractivity contribution in [2.24, 2.45) is 0 Å². The third-order valence-corrected chi connectivity index (χ3v) is 2.67. The topological polar surface area (TPSA) is 23.8 Å². The monoisotopic (exact) mass is 189 g/mol. The van der Waals surface area contributed by atoms with Crippen LogP contribution in [0.15, 0.2) is 30.3 Å². The molecule has 0 aromatic heterocycles. The van der Waals surface area contributed by atoms with Crippen LogP contribution in [0.4, 0.5) is 0 Å². The van der Waals surface area contributed by atoms with E-state index in [4.69, 9.17) is 16.9 Å². The van der Waals surface area contributed by atoms with Gasteiger partial charge >= 0.3 is 0 Å². The summed E-state index contributed by atoms with van der Waals surface area (Å²) in [6, 6.07) is 10.1. The fourth-order valence-corrected chi connectivity index (χ4v) is 2.04. The predicted octanol–water partition coefficient (Wildman–Crippen LogP) is 2.76.